The Morgan fingerprint density at radius 2 is 1.67 bits per heavy atom. The van der Waals surface area contributed by atoms with Crippen LogP contribution < -0.4 is 10.6 Å². The number of hydrogen-bond acceptors (Lipinski definition) is 5. The molecular weight excluding hydrogens is 309 g/mol. The third kappa shape index (κ3) is 7.68. The molecule has 0 saturated carbocycles. The quantitative estimate of drug-likeness (QED) is 0.805. The highest BCUT2D eigenvalue weighted by molar-refractivity contribution is 8.03. The maximum atomic E-state index is 3.71. The molecule has 2 aliphatic heterocycles. The molecule has 2 heterocycles. The van der Waals surface area contributed by atoms with Gasteiger partial charge in [-0.25, -0.2) is 0 Å². The normalized spacial score (nSPS) is 22.7. The molecule has 0 aromatic heterocycles. The van der Waals surface area contributed by atoms with E-state index in [4.69, 9.17) is 0 Å². The van der Waals surface area contributed by atoms with Gasteiger partial charge in [-0.05, 0) is 0 Å². The van der Waals surface area contributed by atoms with Crippen LogP contribution in [0.2, 0.25) is 0 Å². The standard InChI is InChI=1S/C11H23N3S2.2ClH/c1-4-14(5-2-12-1)6-3-13-11-9-15-7-8-16-10-11;;/h11-13H,1-10H2;2*1H. The number of nitrogens with zero attached hydrogens (tertiary/aromatic N) is 1. The second-order valence-corrected chi connectivity index (χ2v) is 6.69. The van der Waals surface area contributed by atoms with E-state index >= 15 is 0 Å². The molecule has 110 valence electrons. The van der Waals surface area contributed by atoms with E-state index in [1.807, 2.05) is 0 Å². The Morgan fingerprint density at radius 1 is 1.06 bits per heavy atom. The van der Waals surface area contributed by atoms with Gasteiger partial charge in [-0.1, -0.05) is 0 Å². The van der Waals surface area contributed by atoms with Gasteiger partial charge in [0.15, 0.2) is 0 Å². The lowest BCUT2D eigenvalue weighted by atomic mass is 10.3. The topological polar surface area (TPSA) is 27.3 Å². The molecule has 0 bridgehead atoms. The minimum absolute atomic E-state index is 0. The summed E-state index contributed by atoms with van der Waals surface area (Å²) in [7, 11) is 0. The maximum absolute atomic E-state index is 3.71. The summed E-state index contributed by atoms with van der Waals surface area (Å²) in [6, 6.07) is 0.736. The van der Waals surface area contributed by atoms with Crippen molar-refractivity contribution in [3.8, 4) is 0 Å². The van der Waals surface area contributed by atoms with Crippen molar-refractivity contribution >= 4 is 48.3 Å². The average molecular weight is 334 g/mol. The van der Waals surface area contributed by atoms with Crippen LogP contribution in [0.1, 0.15) is 0 Å². The van der Waals surface area contributed by atoms with Gasteiger partial charge in [0.1, 0.15) is 0 Å². The summed E-state index contributed by atoms with van der Waals surface area (Å²) in [6.07, 6.45) is 0. The van der Waals surface area contributed by atoms with Crippen molar-refractivity contribution in [2.75, 3.05) is 62.3 Å². The first-order valence-electron chi connectivity index (χ1n) is 6.27. The van der Waals surface area contributed by atoms with Crippen molar-refractivity contribution in [3.05, 3.63) is 0 Å². The van der Waals surface area contributed by atoms with Gasteiger partial charge in [-0.15, -0.1) is 24.8 Å². The second kappa shape index (κ2) is 11.9. The molecule has 2 N–H and O–H groups in total. The lowest BCUT2D eigenvalue weighted by molar-refractivity contribution is 0.239. The van der Waals surface area contributed by atoms with Crippen molar-refractivity contribution in [2.24, 2.45) is 0 Å². The SMILES string of the molecule is C1CN(CCNC2CSCCSC2)CCN1.Cl.Cl. The van der Waals surface area contributed by atoms with Crippen LogP contribution in [0.5, 0.6) is 0 Å². The monoisotopic (exact) mass is 333 g/mol. The van der Waals surface area contributed by atoms with Gasteiger partial charge >= 0.3 is 0 Å². The molecule has 0 amide bonds. The summed E-state index contributed by atoms with van der Waals surface area (Å²) in [6.45, 7) is 7.13. The van der Waals surface area contributed by atoms with Crippen LogP contribution in [-0.4, -0.2) is 73.2 Å². The van der Waals surface area contributed by atoms with Crippen molar-refractivity contribution in [1.82, 2.24) is 15.5 Å². The first-order chi connectivity index (χ1) is 7.95. The molecule has 18 heavy (non-hydrogen) atoms. The molecule has 2 fully saturated rings. The molecule has 0 spiro atoms. The molecule has 3 nitrogen and oxygen atoms in total. The first kappa shape index (κ1) is 19.2. The fraction of sp³-hybridized carbons (Fsp3) is 1.00. The summed E-state index contributed by atoms with van der Waals surface area (Å²) >= 11 is 4.21. The largest absolute Gasteiger partial charge is 0.314 e. The van der Waals surface area contributed by atoms with Crippen molar-refractivity contribution < 1.29 is 0 Å². The highest BCUT2D eigenvalue weighted by Gasteiger charge is 2.13. The van der Waals surface area contributed by atoms with E-state index in [2.05, 4.69) is 39.1 Å². The van der Waals surface area contributed by atoms with E-state index in [0.717, 1.165) is 25.7 Å². The number of thioether (sulfide) groups is 2. The van der Waals surface area contributed by atoms with Gasteiger partial charge in [-0.3, -0.25) is 4.90 Å². The molecule has 2 saturated heterocycles. The number of halogens is 2. The molecule has 2 aliphatic rings. The molecule has 0 aromatic rings. The minimum Gasteiger partial charge on any atom is -0.314 e. The van der Waals surface area contributed by atoms with Gasteiger partial charge in [0, 0.05) is 68.3 Å². The predicted octanol–water partition coefficient (Wildman–Crippen LogP) is 1.17. The number of piperazine rings is 1. The van der Waals surface area contributed by atoms with Crippen LogP contribution in [0.15, 0.2) is 0 Å². The number of rotatable bonds is 4. The van der Waals surface area contributed by atoms with E-state index in [-0.39, 0.29) is 24.8 Å². The number of nitrogens with one attached hydrogen (secondary N) is 2. The Morgan fingerprint density at radius 3 is 2.28 bits per heavy atom. The zero-order chi connectivity index (χ0) is 11.1. The fourth-order valence-corrected chi connectivity index (χ4v) is 4.56. The van der Waals surface area contributed by atoms with Gasteiger partial charge in [0.25, 0.3) is 0 Å². The molecule has 7 heteroatoms. The van der Waals surface area contributed by atoms with Crippen LogP contribution in [0.25, 0.3) is 0 Å². The van der Waals surface area contributed by atoms with E-state index in [0.29, 0.717) is 0 Å². The molecular formula is C11H25Cl2N3S2. The molecule has 2 rings (SSSR count). The van der Waals surface area contributed by atoms with Crippen LogP contribution in [-0.2, 0) is 0 Å². The van der Waals surface area contributed by atoms with Crippen molar-refractivity contribution in [2.45, 2.75) is 6.04 Å². The van der Waals surface area contributed by atoms with Gasteiger partial charge in [0.2, 0.25) is 0 Å². The molecule has 0 aliphatic carbocycles. The Hall–Kier alpha value is 1.16. The van der Waals surface area contributed by atoms with Crippen LogP contribution >= 0.6 is 48.3 Å². The summed E-state index contributed by atoms with van der Waals surface area (Å²) in [5.41, 5.74) is 0. The summed E-state index contributed by atoms with van der Waals surface area (Å²) < 4.78 is 0. The average Bonchev–Trinajstić information content (AvgIpc) is 2.59. The molecule has 0 atom stereocenters. The van der Waals surface area contributed by atoms with Crippen LogP contribution in [0, 0.1) is 0 Å². The zero-order valence-electron chi connectivity index (χ0n) is 10.7. The Balaban J connectivity index is 0.00000144. The molecule has 0 aromatic carbocycles. The maximum Gasteiger partial charge on any atom is 0.0249 e. The Bertz CT molecular complexity index is 187. The lowest BCUT2D eigenvalue weighted by Gasteiger charge is -2.28. The summed E-state index contributed by atoms with van der Waals surface area (Å²) in [5, 5.41) is 7.10. The van der Waals surface area contributed by atoms with Crippen molar-refractivity contribution in [3.63, 3.8) is 0 Å². The zero-order valence-corrected chi connectivity index (χ0v) is 14.0. The fourth-order valence-electron chi connectivity index (χ4n) is 2.10. The third-order valence-electron chi connectivity index (χ3n) is 3.08. The summed E-state index contributed by atoms with van der Waals surface area (Å²) in [4.78, 5) is 2.56. The molecule has 0 radical (unpaired) electrons. The van der Waals surface area contributed by atoms with Gasteiger partial charge < -0.3 is 10.6 Å². The van der Waals surface area contributed by atoms with E-state index in [1.165, 1.54) is 42.6 Å². The van der Waals surface area contributed by atoms with E-state index < -0.39 is 0 Å². The van der Waals surface area contributed by atoms with Crippen LogP contribution in [0.4, 0.5) is 0 Å². The second-order valence-electron chi connectivity index (χ2n) is 4.39. The minimum atomic E-state index is 0. The van der Waals surface area contributed by atoms with E-state index in [1.54, 1.807) is 0 Å². The smallest absolute Gasteiger partial charge is 0.0249 e. The van der Waals surface area contributed by atoms with Gasteiger partial charge in [-0.2, -0.15) is 23.5 Å². The summed E-state index contributed by atoms with van der Waals surface area (Å²) in [5.74, 6) is 5.27. The van der Waals surface area contributed by atoms with Crippen molar-refractivity contribution in [1.29, 1.82) is 0 Å². The highest BCUT2D eigenvalue weighted by Crippen LogP contribution is 2.16. The Labute approximate surface area is 132 Å². The third-order valence-corrected chi connectivity index (χ3v) is 5.60. The highest BCUT2D eigenvalue weighted by atomic mass is 35.5. The van der Waals surface area contributed by atoms with Crippen LogP contribution in [0.3, 0.4) is 0 Å². The van der Waals surface area contributed by atoms with Gasteiger partial charge in [0.05, 0.1) is 0 Å². The predicted molar refractivity (Wildman–Crippen MR) is 90.2 cm³/mol. The number of hydrogen-bond donors (Lipinski definition) is 2. The Kier molecular flexibility index (Phi) is 12.7. The first-order valence-corrected chi connectivity index (χ1v) is 8.58. The molecule has 0 unspecified atom stereocenters. The van der Waals surface area contributed by atoms with E-state index in [9.17, 15) is 0 Å². The lowest BCUT2D eigenvalue weighted by Crippen LogP contribution is -2.47.